The molecule has 1 amide bonds. The van der Waals surface area contributed by atoms with Crippen molar-refractivity contribution in [2.24, 2.45) is 11.3 Å². The maximum absolute atomic E-state index is 13.0. The van der Waals surface area contributed by atoms with Gasteiger partial charge in [0.1, 0.15) is 10.8 Å². The third kappa shape index (κ3) is 5.43. The van der Waals surface area contributed by atoms with Gasteiger partial charge in [0.25, 0.3) is 0 Å². The lowest BCUT2D eigenvalue weighted by Crippen LogP contribution is -2.26. The summed E-state index contributed by atoms with van der Waals surface area (Å²) in [7, 11) is 0. The van der Waals surface area contributed by atoms with E-state index in [0.29, 0.717) is 23.1 Å². The molecule has 2 aromatic rings. The molecular weight excluding hydrogens is 421 g/mol. The number of thioether (sulfide) groups is 1. The quantitative estimate of drug-likeness (QED) is 0.438. The van der Waals surface area contributed by atoms with Crippen molar-refractivity contribution in [1.29, 1.82) is 0 Å². The van der Waals surface area contributed by atoms with Crippen LogP contribution in [0.1, 0.15) is 54.9 Å². The Morgan fingerprint density at radius 1 is 1.27 bits per heavy atom. The number of amides is 1. The predicted octanol–water partition coefficient (Wildman–Crippen LogP) is 5.95. The number of benzene rings is 1. The number of hydrogen-bond acceptors (Lipinski definition) is 5. The van der Waals surface area contributed by atoms with E-state index in [4.69, 9.17) is 4.74 Å². The van der Waals surface area contributed by atoms with Gasteiger partial charge in [0.05, 0.1) is 17.9 Å². The van der Waals surface area contributed by atoms with Crippen LogP contribution in [-0.4, -0.2) is 24.2 Å². The second kappa shape index (κ2) is 9.52. The highest BCUT2D eigenvalue weighted by Gasteiger charge is 2.34. The van der Waals surface area contributed by atoms with Gasteiger partial charge >= 0.3 is 5.97 Å². The number of carbonyl (C=O) groups excluding carboxylic acids is 2. The van der Waals surface area contributed by atoms with Crippen molar-refractivity contribution in [3.05, 3.63) is 46.1 Å². The van der Waals surface area contributed by atoms with Gasteiger partial charge < -0.3 is 10.1 Å². The summed E-state index contributed by atoms with van der Waals surface area (Å²) >= 11 is 2.83. The molecule has 0 spiro atoms. The number of thiophene rings is 1. The van der Waals surface area contributed by atoms with Crippen LogP contribution >= 0.6 is 23.1 Å². The second-order valence-electron chi connectivity index (χ2n) is 8.52. The van der Waals surface area contributed by atoms with Crippen LogP contribution in [0, 0.1) is 17.2 Å². The van der Waals surface area contributed by atoms with E-state index in [1.54, 1.807) is 19.1 Å². The van der Waals surface area contributed by atoms with Crippen molar-refractivity contribution in [3.63, 3.8) is 0 Å². The van der Waals surface area contributed by atoms with E-state index in [0.717, 1.165) is 29.7 Å². The summed E-state index contributed by atoms with van der Waals surface area (Å²) in [6.45, 7) is 8.82. The van der Waals surface area contributed by atoms with Crippen molar-refractivity contribution in [3.8, 4) is 0 Å². The smallest absolute Gasteiger partial charge is 0.341 e. The number of ether oxygens (including phenoxy) is 1. The molecule has 4 nitrogen and oxygen atoms in total. The van der Waals surface area contributed by atoms with Gasteiger partial charge in [0, 0.05) is 9.77 Å². The molecular formula is C23H28FNO3S2. The van der Waals surface area contributed by atoms with Crippen LogP contribution in [-0.2, 0) is 22.4 Å². The summed E-state index contributed by atoms with van der Waals surface area (Å²) < 4.78 is 18.3. The lowest BCUT2D eigenvalue weighted by Gasteiger charge is -2.33. The first-order valence-electron chi connectivity index (χ1n) is 10.2. The van der Waals surface area contributed by atoms with Crippen molar-refractivity contribution in [1.82, 2.24) is 0 Å². The van der Waals surface area contributed by atoms with Crippen LogP contribution in [0.3, 0.4) is 0 Å². The minimum Gasteiger partial charge on any atom is -0.462 e. The van der Waals surface area contributed by atoms with E-state index in [9.17, 15) is 14.0 Å². The lowest BCUT2D eigenvalue weighted by molar-refractivity contribution is -0.113. The SMILES string of the molecule is CCOC(=O)c1c(NC(=O)CSc2ccc(F)cc2)sc2c1CC[C@@H](C(C)(C)C)C2. The second-order valence-corrected chi connectivity index (χ2v) is 10.7. The van der Waals surface area contributed by atoms with Gasteiger partial charge in [-0.3, -0.25) is 4.79 Å². The van der Waals surface area contributed by atoms with E-state index in [1.165, 1.54) is 40.1 Å². The molecule has 0 radical (unpaired) electrons. The number of fused-ring (bicyclic) bond motifs is 1. The van der Waals surface area contributed by atoms with Gasteiger partial charge in [0.2, 0.25) is 5.91 Å². The minimum atomic E-state index is -0.370. The topological polar surface area (TPSA) is 55.4 Å². The Hall–Kier alpha value is -1.86. The first kappa shape index (κ1) is 22.8. The Bertz CT molecular complexity index is 916. The average Bonchev–Trinajstić information content (AvgIpc) is 3.04. The number of esters is 1. The third-order valence-electron chi connectivity index (χ3n) is 5.41. The van der Waals surface area contributed by atoms with Gasteiger partial charge in [-0.05, 0) is 67.3 Å². The highest BCUT2D eigenvalue weighted by molar-refractivity contribution is 8.00. The third-order valence-corrected chi connectivity index (χ3v) is 7.59. The molecule has 0 saturated carbocycles. The summed E-state index contributed by atoms with van der Waals surface area (Å²) in [5, 5.41) is 3.51. The van der Waals surface area contributed by atoms with Crippen LogP contribution < -0.4 is 5.32 Å². The number of carbonyl (C=O) groups is 2. The first-order valence-corrected chi connectivity index (χ1v) is 12.0. The number of rotatable bonds is 6. The molecule has 162 valence electrons. The minimum absolute atomic E-state index is 0.182. The summed E-state index contributed by atoms with van der Waals surface area (Å²) in [6.07, 6.45) is 2.76. The highest BCUT2D eigenvalue weighted by atomic mass is 32.2. The molecule has 0 saturated heterocycles. The molecule has 3 rings (SSSR count). The number of nitrogens with one attached hydrogen (secondary N) is 1. The highest BCUT2D eigenvalue weighted by Crippen LogP contribution is 2.44. The molecule has 1 aliphatic carbocycles. The molecule has 0 fully saturated rings. The number of anilines is 1. The largest absolute Gasteiger partial charge is 0.462 e. The van der Waals surface area contributed by atoms with Crippen molar-refractivity contribution in [2.45, 2.75) is 51.9 Å². The van der Waals surface area contributed by atoms with Crippen LogP contribution in [0.25, 0.3) is 0 Å². The van der Waals surface area contributed by atoms with Gasteiger partial charge in [-0.2, -0.15) is 0 Å². The van der Waals surface area contributed by atoms with E-state index in [2.05, 4.69) is 26.1 Å². The molecule has 1 aliphatic rings. The molecule has 1 atom stereocenters. The molecule has 1 N–H and O–H groups in total. The van der Waals surface area contributed by atoms with E-state index in [-0.39, 0.29) is 28.9 Å². The molecule has 0 bridgehead atoms. The summed E-state index contributed by atoms with van der Waals surface area (Å²) in [6, 6.07) is 6.04. The van der Waals surface area contributed by atoms with E-state index < -0.39 is 0 Å². The zero-order valence-electron chi connectivity index (χ0n) is 17.8. The van der Waals surface area contributed by atoms with Crippen LogP contribution in [0.5, 0.6) is 0 Å². The van der Waals surface area contributed by atoms with Crippen LogP contribution in [0.2, 0.25) is 0 Å². The summed E-state index contributed by atoms with van der Waals surface area (Å²) in [5.74, 6) is -0.149. The maximum Gasteiger partial charge on any atom is 0.341 e. The van der Waals surface area contributed by atoms with Gasteiger partial charge in [-0.15, -0.1) is 23.1 Å². The Labute approximate surface area is 185 Å². The standard InChI is InChI=1S/C23H28FNO3S2/c1-5-28-22(27)20-17-11-6-14(23(2,3)4)12-18(17)30-21(20)25-19(26)13-29-16-9-7-15(24)8-10-16/h7-10,14H,5-6,11-13H2,1-4H3,(H,25,26)/t14-/m1/s1. The van der Waals surface area contributed by atoms with Crippen LogP contribution in [0.4, 0.5) is 9.39 Å². The molecule has 1 heterocycles. The van der Waals surface area contributed by atoms with Gasteiger partial charge in [-0.25, -0.2) is 9.18 Å². The Morgan fingerprint density at radius 3 is 2.60 bits per heavy atom. The fourth-order valence-electron chi connectivity index (χ4n) is 3.67. The monoisotopic (exact) mass is 449 g/mol. The van der Waals surface area contributed by atoms with Crippen molar-refractivity contribution >= 4 is 40.0 Å². The van der Waals surface area contributed by atoms with Gasteiger partial charge in [-0.1, -0.05) is 20.8 Å². The average molecular weight is 450 g/mol. The van der Waals surface area contributed by atoms with E-state index >= 15 is 0 Å². The Kier molecular flexibility index (Phi) is 7.24. The molecule has 0 unspecified atom stereocenters. The van der Waals surface area contributed by atoms with Gasteiger partial charge in [0.15, 0.2) is 0 Å². The lowest BCUT2D eigenvalue weighted by atomic mass is 9.72. The summed E-state index contributed by atoms with van der Waals surface area (Å²) in [4.78, 5) is 27.2. The number of halogens is 1. The molecule has 30 heavy (non-hydrogen) atoms. The first-order chi connectivity index (χ1) is 14.2. The summed E-state index contributed by atoms with van der Waals surface area (Å²) in [5.41, 5.74) is 1.74. The normalized spacial score (nSPS) is 16.1. The maximum atomic E-state index is 13.0. The molecule has 0 aliphatic heterocycles. The van der Waals surface area contributed by atoms with Crippen molar-refractivity contribution < 1.29 is 18.7 Å². The zero-order valence-corrected chi connectivity index (χ0v) is 19.5. The van der Waals surface area contributed by atoms with Crippen molar-refractivity contribution in [2.75, 3.05) is 17.7 Å². The molecule has 7 heteroatoms. The number of hydrogen-bond donors (Lipinski definition) is 1. The van der Waals surface area contributed by atoms with E-state index in [1.807, 2.05) is 0 Å². The zero-order chi connectivity index (χ0) is 21.9. The fourth-order valence-corrected chi connectivity index (χ4v) is 5.70. The Balaban J connectivity index is 1.77. The molecule has 1 aromatic heterocycles. The predicted molar refractivity (Wildman–Crippen MR) is 121 cm³/mol. The Morgan fingerprint density at radius 2 is 1.97 bits per heavy atom. The fraction of sp³-hybridized carbons (Fsp3) is 0.478. The van der Waals surface area contributed by atoms with Crippen LogP contribution in [0.15, 0.2) is 29.2 Å². The molecule has 1 aromatic carbocycles.